The number of methoxy groups -OCH3 is 3. The number of nitrogens with one attached hydrogen (secondary N) is 1. The second kappa shape index (κ2) is 11.0. The lowest BCUT2D eigenvalue weighted by atomic mass is 9.79. The summed E-state index contributed by atoms with van der Waals surface area (Å²) in [5.74, 6) is -1.08. The highest BCUT2D eigenvalue weighted by molar-refractivity contribution is 6.32. The lowest BCUT2D eigenvalue weighted by Gasteiger charge is -2.41. The van der Waals surface area contributed by atoms with E-state index in [1.165, 1.54) is 26.4 Å². The fourth-order valence-corrected chi connectivity index (χ4v) is 4.75. The highest BCUT2D eigenvalue weighted by Crippen LogP contribution is 2.44. The molecule has 0 aromatic heterocycles. The molecule has 0 unspecified atom stereocenters. The van der Waals surface area contributed by atoms with Gasteiger partial charge in [0.2, 0.25) is 5.91 Å². The third kappa shape index (κ3) is 4.87. The number of fused-ring (bicyclic) bond motifs is 1. The maximum atomic E-state index is 14.0. The summed E-state index contributed by atoms with van der Waals surface area (Å²) in [7, 11) is 4.50. The summed E-state index contributed by atoms with van der Waals surface area (Å²) >= 11 is 6.31. The molecule has 1 aliphatic rings. The number of halogens is 2. The van der Waals surface area contributed by atoms with E-state index >= 15 is 0 Å². The van der Waals surface area contributed by atoms with Crippen molar-refractivity contribution in [3.63, 3.8) is 0 Å². The molecule has 2 amide bonds. The first-order chi connectivity index (χ1) is 17.4. The average Bonchev–Trinajstić information content (AvgIpc) is 2.88. The third-order valence-electron chi connectivity index (χ3n) is 6.20. The van der Waals surface area contributed by atoms with E-state index < -0.39 is 17.8 Å². The zero-order valence-electron chi connectivity index (χ0n) is 20.1. The molecule has 0 bridgehead atoms. The van der Waals surface area contributed by atoms with Gasteiger partial charge in [-0.1, -0.05) is 41.9 Å². The zero-order chi connectivity index (χ0) is 25.8. The number of nitrogens with zero attached hydrogens (tertiary/aromatic N) is 1. The van der Waals surface area contributed by atoms with Crippen molar-refractivity contribution < 1.29 is 28.2 Å². The molecule has 9 heteroatoms. The summed E-state index contributed by atoms with van der Waals surface area (Å²) < 4.78 is 29.7. The summed E-state index contributed by atoms with van der Waals surface area (Å²) in [5, 5.41) is 3.22. The van der Waals surface area contributed by atoms with E-state index in [0.29, 0.717) is 38.9 Å². The largest absolute Gasteiger partial charge is 0.495 e. The summed E-state index contributed by atoms with van der Waals surface area (Å²) in [6, 6.07) is 15.2. The number of rotatable bonds is 8. The fourth-order valence-electron chi connectivity index (χ4n) is 4.51. The Morgan fingerprint density at radius 1 is 1.03 bits per heavy atom. The molecular weight excluding hydrogens is 487 g/mol. The lowest BCUT2D eigenvalue weighted by Crippen LogP contribution is -2.47. The highest BCUT2D eigenvalue weighted by atomic mass is 35.5. The van der Waals surface area contributed by atoms with Gasteiger partial charge in [-0.05, 0) is 35.4 Å². The van der Waals surface area contributed by atoms with Crippen molar-refractivity contribution in [3.8, 4) is 11.5 Å². The van der Waals surface area contributed by atoms with Gasteiger partial charge in [-0.15, -0.1) is 0 Å². The fraction of sp³-hybridized carbons (Fsp3) is 0.259. The predicted octanol–water partition coefficient (Wildman–Crippen LogP) is 5.06. The molecule has 36 heavy (non-hydrogen) atoms. The Balaban J connectivity index is 1.83. The molecule has 0 saturated heterocycles. The minimum atomic E-state index is -0.813. The Bertz CT molecular complexity index is 1270. The van der Waals surface area contributed by atoms with Crippen LogP contribution in [0.15, 0.2) is 60.7 Å². The number of amides is 2. The Morgan fingerprint density at radius 3 is 2.39 bits per heavy atom. The van der Waals surface area contributed by atoms with E-state index in [9.17, 15) is 14.0 Å². The van der Waals surface area contributed by atoms with Gasteiger partial charge in [-0.3, -0.25) is 9.59 Å². The molecule has 1 aliphatic heterocycles. The molecule has 0 saturated carbocycles. The number of ether oxygens (including phenoxy) is 3. The van der Waals surface area contributed by atoms with Crippen LogP contribution in [0.1, 0.15) is 33.4 Å². The van der Waals surface area contributed by atoms with Crippen LogP contribution < -0.4 is 14.8 Å². The number of anilines is 1. The van der Waals surface area contributed by atoms with Crippen molar-refractivity contribution in [3.05, 3.63) is 88.2 Å². The van der Waals surface area contributed by atoms with Crippen molar-refractivity contribution in [1.29, 1.82) is 0 Å². The van der Waals surface area contributed by atoms with E-state index in [0.717, 1.165) is 0 Å². The summed E-state index contributed by atoms with van der Waals surface area (Å²) in [4.78, 5) is 29.1. The molecule has 0 spiro atoms. The normalized spacial score (nSPS) is 16.9. The van der Waals surface area contributed by atoms with Gasteiger partial charge in [-0.2, -0.15) is 0 Å². The molecular formula is C27H26ClFN2O5. The predicted molar refractivity (Wildman–Crippen MR) is 134 cm³/mol. The third-order valence-corrected chi connectivity index (χ3v) is 6.50. The average molecular weight is 513 g/mol. The van der Waals surface area contributed by atoms with E-state index in [2.05, 4.69) is 5.32 Å². The molecule has 0 fully saturated rings. The quantitative estimate of drug-likeness (QED) is 0.456. The maximum Gasteiger partial charge on any atom is 0.254 e. The van der Waals surface area contributed by atoms with E-state index in [1.54, 1.807) is 60.5 Å². The van der Waals surface area contributed by atoms with Crippen LogP contribution in [0.4, 0.5) is 10.1 Å². The topological polar surface area (TPSA) is 77.1 Å². The van der Waals surface area contributed by atoms with E-state index in [-0.39, 0.29) is 25.0 Å². The smallest absolute Gasteiger partial charge is 0.254 e. The monoisotopic (exact) mass is 512 g/mol. The van der Waals surface area contributed by atoms with Gasteiger partial charge in [0.25, 0.3) is 5.91 Å². The van der Waals surface area contributed by atoms with Gasteiger partial charge in [0.15, 0.2) is 0 Å². The zero-order valence-corrected chi connectivity index (χ0v) is 20.8. The molecule has 0 aliphatic carbocycles. The molecule has 3 aromatic rings. The second-order valence-electron chi connectivity index (χ2n) is 8.23. The van der Waals surface area contributed by atoms with Crippen molar-refractivity contribution in [1.82, 2.24) is 4.90 Å². The molecule has 0 radical (unpaired) electrons. The van der Waals surface area contributed by atoms with Gasteiger partial charge < -0.3 is 24.4 Å². The Kier molecular flexibility index (Phi) is 7.76. The minimum Gasteiger partial charge on any atom is -0.495 e. The van der Waals surface area contributed by atoms with Crippen LogP contribution >= 0.6 is 11.6 Å². The molecule has 1 N–H and O–H groups in total. The van der Waals surface area contributed by atoms with Crippen LogP contribution in [0.25, 0.3) is 0 Å². The highest BCUT2D eigenvalue weighted by Gasteiger charge is 2.44. The van der Waals surface area contributed by atoms with Gasteiger partial charge in [0, 0.05) is 25.3 Å². The second-order valence-corrected chi connectivity index (χ2v) is 8.64. The van der Waals surface area contributed by atoms with Crippen LogP contribution in [0, 0.1) is 5.82 Å². The lowest BCUT2D eigenvalue weighted by molar-refractivity contribution is -0.119. The van der Waals surface area contributed by atoms with Crippen LogP contribution in [0.2, 0.25) is 5.02 Å². The van der Waals surface area contributed by atoms with Crippen molar-refractivity contribution >= 4 is 29.1 Å². The Morgan fingerprint density at radius 2 is 1.72 bits per heavy atom. The van der Waals surface area contributed by atoms with Gasteiger partial charge in [0.05, 0.1) is 43.5 Å². The van der Waals surface area contributed by atoms with Crippen molar-refractivity contribution in [2.75, 3.05) is 39.8 Å². The number of hydrogen-bond donors (Lipinski definition) is 1. The number of carbonyl (C=O) groups excluding carboxylic acids is 2. The van der Waals surface area contributed by atoms with Gasteiger partial charge in [-0.25, -0.2) is 4.39 Å². The molecule has 2 atom stereocenters. The number of benzene rings is 3. The summed E-state index contributed by atoms with van der Waals surface area (Å²) in [6.45, 7) is 0.509. The van der Waals surface area contributed by atoms with Gasteiger partial charge in [0.1, 0.15) is 17.3 Å². The van der Waals surface area contributed by atoms with Crippen LogP contribution in [-0.4, -0.2) is 51.2 Å². The first-order valence-corrected chi connectivity index (χ1v) is 11.6. The number of carbonyl (C=O) groups is 2. The molecule has 7 nitrogen and oxygen atoms in total. The first kappa shape index (κ1) is 25.5. The van der Waals surface area contributed by atoms with Crippen LogP contribution in [0.3, 0.4) is 0 Å². The first-order valence-electron chi connectivity index (χ1n) is 11.3. The van der Waals surface area contributed by atoms with E-state index in [4.69, 9.17) is 25.8 Å². The molecule has 4 rings (SSSR count). The van der Waals surface area contributed by atoms with E-state index in [1.807, 2.05) is 0 Å². The number of hydrogen-bond acceptors (Lipinski definition) is 5. The minimum absolute atomic E-state index is 0.230. The summed E-state index contributed by atoms with van der Waals surface area (Å²) in [5.41, 5.74) is 1.97. The van der Waals surface area contributed by atoms with Gasteiger partial charge >= 0.3 is 0 Å². The Hall–Kier alpha value is -3.62. The van der Waals surface area contributed by atoms with Crippen LogP contribution in [0.5, 0.6) is 11.5 Å². The van der Waals surface area contributed by atoms with Crippen LogP contribution in [-0.2, 0) is 9.53 Å². The Labute approximate surface area is 213 Å². The van der Waals surface area contributed by atoms with Crippen molar-refractivity contribution in [2.45, 2.75) is 12.0 Å². The maximum absolute atomic E-state index is 14.0. The molecule has 1 heterocycles. The standard InChI is InChI=1S/C27H26ClFN2O5/c1-34-13-12-31-25(16-8-10-17(29)11-9-16)24(18-6-4-5-7-19(18)27(31)33)26(32)30-21-14-20(28)22(35-2)15-23(21)36-3/h4-11,14-15,24-25H,12-13H2,1-3H3,(H,30,32)/t24-,25-/m1/s1. The molecule has 3 aromatic carbocycles. The summed E-state index contributed by atoms with van der Waals surface area (Å²) in [6.07, 6.45) is 0. The molecule has 188 valence electrons. The SMILES string of the molecule is COCCN1C(=O)c2ccccc2[C@@H](C(=O)Nc2cc(Cl)c(OC)cc2OC)[C@H]1c1ccc(F)cc1. The van der Waals surface area contributed by atoms with Crippen molar-refractivity contribution in [2.24, 2.45) is 0 Å².